The predicted octanol–water partition coefficient (Wildman–Crippen LogP) is 8.61. The van der Waals surface area contributed by atoms with E-state index in [0.29, 0.717) is 30.3 Å². The molecule has 0 aliphatic carbocycles. The van der Waals surface area contributed by atoms with E-state index in [4.69, 9.17) is 25.8 Å². The number of methoxy groups -OCH3 is 2. The lowest BCUT2D eigenvalue weighted by Gasteiger charge is -2.30. The number of fused-ring (bicyclic) bond motifs is 2. The third-order valence-corrected chi connectivity index (χ3v) is 10.5. The van der Waals surface area contributed by atoms with Crippen molar-refractivity contribution >= 4 is 45.5 Å². The fraction of sp³-hybridized carbons (Fsp3) is 0.452. The standard InChI is InChI=1S/C37H41ClN4O4.C5H12O/c1-24-34(25(2)40(3)39-24)35-31(38)15-14-30-29(12-8-22-46-33-13-7-10-26-9-5-6-11-28(26)33)32(23-43)42(36(30)35)21-20-41-18-16-27(17-19-41)37(44)45-4;1-5(2,3)6-4/h5-7,9-11,13-15,23,27H,8,12,16-22H2,1-4H3;1-4H3. The van der Waals surface area contributed by atoms with E-state index >= 15 is 0 Å². The number of aldehydes is 1. The van der Waals surface area contributed by atoms with Crippen molar-refractivity contribution in [2.75, 3.05) is 40.5 Å². The molecule has 1 fully saturated rings. The normalized spacial score (nSPS) is 14.0. The van der Waals surface area contributed by atoms with Crippen molar-refractivity contribution in [2.45, 2.75) is 72.4 Å². The topological polar surface area (TPSA) is 87.8 Å². The summed E-state index contributed by atoms with van der Waals surface area (Å²) in [7, 11) is 5.10. The second kappa shape index (κ2) is 17.1. The Bertz CT molecular complexity index is 2010. The highest BCUT2D eigenvalue weighted by Gasteiger charge is 2.28. The number of likely N-dealkylation sites (tertiary alicyclic amines) is 1. The molecule has 9 nitrogen and oxygen atoms in total. The summed E-state index contributed by atoms with van der Waals surface area (Å²) in [5.74, 6) is 0.683. The van der Waals surface area contributed by atoms with Gasteiger partial charge in [0.25, 0.3) is 0 Å². The van der Waals surface area contributed by atoms with Gasteiger partial charge in [0.05, 0.1) is 47.2 Å². The van der Waals surface area contributed by atoms with Gasteiger partial charge in [-0.05, 0) is 96.5 Å². The van der Waals surface area contributed by atoms with Gasteiger partial charge in [-0.3, -0.25) is 14.3 Å². The Balaban J connectivity index is 0.000000803. The predicted molar refractivity (Wildman–Crippen MR) is 210 cm³/mol. The Morgan fingerprint density at radius 3 is 2.29 bits per heavy atom. The van der Waals surface area contributed by atoms with Crippen molar-refractivity contribution in [3.05, 3.63) is 82.3 Å². The zero-order valence-corrected chi connectivity index (χ0v) is 32.7. The molecule has 3 aromatic carbocycles. The van der Waals surface area contributed by atoms with E-state index in [9.17, 15) is 9.59 Å². The molecule has 0 unspecified atom stereocenters. The molecule has 3 heterocycles. The smallest absolute Gasteiger partial charge is 0.308 e. The van der Waals surface area contributed by atoms with Gasteiger partial charge >= 0.3 is 5.97 Å². The lowest BCUT2D eigenvalue weighted by molar-refractivity contribution is -0.147. The highest BCUT2D eigenvalue weighted by molar-refractivity contribution is 6.35. The number of carbonyl (C=O) groups is 2. The van der Waals surface area contributed by atoms with Crippen molar-refractivity contribution in [3.8, 4) is 16.9 Å². The number of carbonyl (C=O) groups excluding carboxylic acids is 2. The Hall–Kier alpha value is -4.18. The summed E-state index contributed by atoms with van der Waals surface area (Å²) in [5, 5.41) is 8.58. The molecule has 0 radical (unpaired) electrons. The summed E-state index contributed by atoms with van der Waals surface area (Å²) in [6.45, 7) is 13.6. The van der Waals surface area contributed by atoms with Crippen LogP contribution in [0.25, 0.3) is 32.8 Å². The van der Waals surface area contributed by atoms with Crippen molar-refractivity contribution in [2.24, 2.45) is 13.0 Å². The molecule has 1 saturated heterocycles. The highest BCUT2D eigenvalue weighted by atomic mass is 35.5. The van der Waals surface area contributed by atoms with Crippen LogP contribution in [0.2, 0.25) is 5.02 Å². The van der Waals surface area contributed by atoms with Gasteiger partial charge in [0.1, 0.15) is 5.75 Å². The summed E-state index contributed by atoms with van der Waals surface area (Å²) < 4.78 is 20.2. The number of hydrogen-bond donors (Lipinski definition) is 0. The molecule has 278 valence electrons. The van der Waals surface area contributed by atoms with Gasteiger partial charge in [-0.1, -0.05) is 54.1 Å². The third kappa shape index (κ3) is 8.71. The number of nitrogens with zero attached hydrogens (tertiary/aromatic N) is 4. The molecule has 0 saturated carbocycles. The second-order valence-electron chi connectivity index (χ2n) is 14.5. The van der Waals surface area contributed by atoms with Crippen molar-refractivity contribution in [1.29, 1.82) is 0 Å². The van der Waals surface area contributed by atoms with E-state index in [2.05, 4.69) is 45.8 Å². The average molecular weight is 729 g/mol. The van der Waals surface area contributed by atoms with Gasteiger partial charge in [0.2, 0.25) is 0 Å². The molecule has 2 aromatic heterocycles. The fourth-order valence-electron chi connectivity index (χ4n) is 7.07. The van der Waals surface area contributed by atoms with Crippen LogP contribution in [0.4, 0.5) is 0 Å². The van der Waals surface area contributed by atoms with Gasteiger partial charge in [0.15, 0.2) is 6.29 Å². The van der Waals surface area contributed by atoms with Gasteiger partial charge < -0.3 is 23.7 Å². The number of hydrogen-bond acceptors (Lipinski definition) is 7. The Morgan fingerprint density at radius 1 is 0.962 bits per heavy atom. The lowest BCUT2D eigenvalue weighted by Crippen LogP contribution is -2.38. The number of esters is 1. The first-order valence-corrected chi connectivity index (χ1v) is 18.5. The van der Waals surface area contributed by atoms with E-state index in [1.165, 1.54) is 7.11 Å². The number of halogens is 1. The van der Waals surface area contributed by atoms with E-state index < -0.39 is 0 Å². The van der Waals surface area contributed by atoms with Crippen LogP contribution in [0.15, 0.2) is 54.6 Å². The van der Waals surface area contributed by atoms with Crippen LogP contribution in [-0.4, -0.2) is 77.6 Å². The maximum absolute atomic E-state index is 12.9. The van der Waals surface area contributed by atoms with Gasteiger partial charge in [-0.15, -0.1) is 0 Å². The van der Waals surface area contributed by atoms with Crippen molar-refractivity contribution in [1.82, 2.24) is 19.2 Å². The molecule has 6 rings (SSSR count). The van der Waals surface area contributed by atoms with E-state index in [1.54, 1.807) is 7.11 Å². The fourth-order valence-corrected chi connectivity index (χ4v) is 7.31. The first-order valence-electron chi connectivity index (χ1n) is 18.1. The molecule has 0 amide bonds. The van der Waals surface area contributed by atoms with Crippen molar-refractivity contribution in [3.63, 3.8) is 0 Å². The average Bonchev–Trinajstić information content (AvgIpc) is 3.58. The molecule has 10 heteroatoms. The van der Waals surface area contributed by atoms with E-state index in [1.807, 2.05) is 69.8 Å². The maximum atomic E-state index is 12.9. The minimum atomic E-state index is -0.130. The first-order chi connectivity index (χ1) is 24.9. The number of piperidine rings is 1. The third-order valence-electron chi connectivity index (χ3n) is 10.1. The Labute approximate surface area is 312 Å². The summed E-state index contributed by atoms with van der Waals surface area (Å²) in [4.78, 5) is 27.4. The Kier molecular flexibility index (Phi) is 12.8. The molecule has 1 aliphatic rings. The number of rotatable bonds is 11. The monoisotopic (exact) mass is 728 g/mol. The largest absolute Gasteiger partial charge is 0.493 e. The van der Waals surface area contributed by atoms with Crippen LogP contribution < -0.4 is 4.74 Å². The maximum Gasteiger partial charge on any atom is 0.308 e. The summed E-state index contributed by atoms with van der Waals surface area (Å²) in [6, 6.07) is 18.3. The highest BCUT2D eigenvalue weighted by Crippen LogP contribution is 2.42. The number of benzene rings is 3. The van der Waals surface area contributed by atoms with Gasteiger partial charge in [-0.25, -0.2) is 0 Å². The quantitative estimate of drug-likeness (QED) is 0.0765. The van der Waals surface area contributed by atoms with E-state index in [-0.39, 0.29) is 17.5 Å². The molecule has 1 aliphatic heterocycles. The number of aromatic nitrogens is 3. The molecule has 5 aromatic rings. The van der Waals surface area contributed by atoms with Crippen LogP contribution in [0, 0.1) is 19.8 Å². The lowest BCUT2D eigenvalue weighted by atomic mass is 9.97. The summed E-state index contributed by atoms with van der Waals surface area (Å²) in [5.41, 5.74) is 6.50. The molecule has 52 heavy (non-hydrogen) atoms. The molecular formula is C42H53ClN4O5. The summed E-state index contributed by atoms with van der Waals surface area (Å²) >= 11 is 7.01. The SMILES string of the molecule is COC(=O)C1CCN(CCn2c(C=O)c(CCCOc3cccc4ccccc34)c3ccc(Cl)c(-c4c(C)nn(C)c4C)c32)CC1.COC(C)(C)C. The van der Waals surface area contributed by atoms with Crippen LogP contribution in [-0.2, 0) is 34.3 Å². The van der Waals surface area contributed by atoms with E-state index in [0.717, 1.165) is 101 Å². The molecule has 0 bridgehead atoms. The zero-order chi connectivity index (χ0) is 37.6. The van der Waals surface area contributed by atoms with Gasteiger partial charge in [-0.2, -0.15) is 5.10 Å². The molecular weight excluding hydrogens is 676 g/mol. The van der Waals surface area contributed by atoms with Crippen LogP contribution in [0.3, 0.4) is 0 Å². The minimum absolute atomic E-state index is 0.0417. The van der Waals surface area contributed by atoms with Crippen LogP contribution in [0.1, 0.15) is 67.5 Å². The first kappa shape index (κ1) is 39.0. The second-order valence-corrected chi connectivity index (χ2v) is 14.9. The summed E-state index contributed by atoms with van der Waals surface area (Å²) in [6.07, 6.45) is 3.95. The van der Waals surface area contributed by atoms with Crippen LogP contribution >= 0.6 is 11.6 Å². The number of ether oxygens (including phenoxy) is 3. The Morgan fingerprint density at radius 2 is 1.65 bits per heavy atom. The zero-order valence-electron chi connectivity index (χ0n) is 31.9. The van der Waals surface area contributed by atoms with Crippen LogP contribution in [0.5, 0.6) is 5.75 Å². The van der Waals surface area contributed by atoms with Gasteiger partial charge in [0, 0.05) is 54.8 Å². The molecule has 0 N–H and O–H groups in total. The number of aryl methyl sites for hydroxylation is 3. The molecule has 0 atom stereocenters. The minimum Gasteiger partial charge on any atom is -0.493 e. The molecule has 0 spiro atoms. The van der Waals surface area contributed by atoms with Crippen molar-refractivity contribution < 1.29 is 23.8 Å².